The molecule has 2 aliphatic rings. The summed E-state index contributed by atoms with van der Waals surface area (Å²) in [6, 6.07) is 0.212. The molecule has 2 aliphatic heterocycles. The van der Waals surface area contributed by atoms with Crippen LogP contribution >= 0.6 is 0 Å². The summed E-state index contributed by atoms with van der Waals surface area (Å²) in [5.74, 6) is 1.22. The molecular formula is C13H21N5O. The van der Waals surface area contributed by atoms with Gasteiger partial charge in [0, 0.05) is 32.1 Å². The first kappa shape index (κ1) is 12.4. The Kier molecular flexibility index (Phi) is 3.66. The molecule has 0 aromatic carbocycles. The first-order valence-corrected chi connectivity index (χ1v) is 7.24. The fourth-order valence-electron chi connectivity index (χ4n) is 3.07. The molecule has 2 saturated heterocycles. The standard InChI is InChI=1S/C13H21N5O/c19-13(17-6-2-1-3-7-17)18-8-4-5-11(9-18)12-14-10-15-16-12/h10-11H,1-9H2,(H,14,15,16)/t11-/m0/s1. The van der Waals surface area contributed by atoms with Gasteiger partial charge in [0.25, 0.3) is 0 Å². The zero-order valence-electron chi connectivity index (χ0n) is 11.2. The Morgan fingerprint density at radius 3 is 2.68 bits per heavy atom. The van der Waals surface area contributed by atoms with E-state index in [4.69, 9.17) is 0 Å². The first-order chi connectivity index (χ1) is 9.34. The van der Waals surface area contributed by atoms with E-state index in [9.17, 15) is 4.79 Å². The van der Waals surface area contributed by atoms with Crippen LogP contribution in [0.3, 0.4) is 0 Å². The molecular weight excluding hydrogens is 242 g/mol. The average molecular weight is 263 g/mol. The van der Waals surface area contributed by atoms with Crippen molar-refractivity contribution in [3.8, 4) is 0 Å². The Balaban J connectivity index is 1.62. The highest BCUT2D eigenvalue weighted by molar-refractivity contribution is 5.74. The van der Waals surface area contributed by atoms with Crippen molar-refractivity contribution in [1.29, 1.82) is 0 Å². The van der Waals surface area contributed by atoms with E-state index < -0.39 is 0 Å². The van der Waals surface area contributed by atoms with Gasteiger partial charge in [0.15, 0.2) is 0 Å². The third-order valence-electron chi connectivity index (χ3n) is 4.14. The predicted molar refractivity (Wildman–Crippen MR) is 70.8 cm³/mol. The van der Waals surface area contributed by atoms with Gasteiger partial charge in [-0.15, -0.1) is 0 Å². The minimum absolute atomic E-state index is 0.212. The number of nitrogens with one attached hydrogen (secondary N) is 1. The van der Waals surface area contributed by atoms with Gasteiger partial charge in [-0.05, 0) is 32.1 Å². The summed E-state index contributed by atoms with van der Waals surface area (Å²) in [7, 11) is 0. The zero-order chi connectivity index (χ0) is 13.1. The summed E-state index contributed by atoms with van der Waals surface area (Å²) < 4.78 is 0. The van der Waals surface area contributed by atoms with Crippen LogP contribution in [0.5, 0.6) is 0 Å². The molecule has 1 aromatic rings. The third-order valence-corrected chi connectivity index (χ3v) is 4.14. The van der Waals surface area contributed by atoms with Gasteiger partial charge >= 0.3 is 6.03 Å². The maximum atomic E-state index is 12.5. The van der Waals surface area contributed by atoms with Gasteiger partial charge < -0.3 is 9.80 Å². The SMILES string of the molecule is O=C(N1CCCCC1)N1CCC[C@H](c2ncn[nH]2)C1. The third kappa shape index (κ3) is 2.72. The van der Waals surface area contributed by atoms with Crippen molar-refractivity contribution in [2.75, 3.05) is 26.2 Å². The lowest BCUT2D eigenvalue weighted by Gasteiger charge is -2.37. The molecule has 1 N–H and O–H groups in total. The monoisotopic (exact) mass is 263 g/mol. The number of likely N-dealkylation sites (tertiary alicyclic amines) is 2. The van der Waals surface area contributed by atoms with E-state index in [0.29, 0.717) is 5.92 Å². The second-order valence-corrected chi connectivity index (χ2v) is 5.49. The lowest BCUT2D eigenvalue weighted by Crippen LogP contribution is -2.48. The summed E-state index contributed by atoms with van der Waals surface area (Å²) in [6.07, 6.45) is 7.21. The number of rotatable bonds is 1. The predicted octanol–water partition coefficient (Wildman–Crippen LogP) is 1.59. The van der Waals surface area contributed by atoms with Gasteiger partial charge in [0.1, 0.15) is 12.2 Å². The van der Waals surface area contributed by atoms with E-state index >= 15 is 0 Å². The van der Waals surface area contributed by atoms with Crippen molar-refractivity contribution >= 4 is 6.03 Å². The van der Waals surface area contributed by atoms with Crippen molar-refractivity contribution in [3.05, 3.63) is 12.2 Å². The largest absolute Gasteiger partial charge is 0.325 e. The lowest BCUT2D eigenvalue weighted by molar-refractivity contribution is 0.129. The topological polar surface area (TPSA) is 65.1 Å². The maximum absolute atomic E-state index is 12.5. The van der Waals surface area contributed by atoms with Crippen LogP contribution in [0.4, 0.5) is 4.79 Å². The summed E-state index contributed by atoms with van der Waals surface area (Å²) >= 11 is 0. The van der Waals surface area contributed by atoms with Crippen molar-refractivity contribution in [1.82, 2.24) is 25.0 Å². The quantitative estimate of drug-likeness (QED) is 0.836. The minimum Gasteiger partial charge on any atom is -0.325 e. The molecule has 1 aromatic heterocycles. The van der Waals surface area contributed by atoms with E-state index in [1.54, 1.807) is 6.33 Å². The van der Waals surface area contributed by atoms with Gasteiger partial charge in [0.05, 0.1) is 0 Å². The molecule has 0 spiro atoms. The molecule has 19 heavy (non-hydrogen) atoms. The smallest absolute Gasteiger partial charge is 0.320 e. The molecule has 2 amide bonds. The number of urea groups is 1. The maximum Gasteiger partial charge on any atom is 0.320 e. The van der Waals surface area contributed by atoms with E-state index in [1.165, 1.54) is 6.42 Å². The number of hydrogen-bond acceptors (Lipinski definition) is 3. The first-order valence-electron chi connectivity index (χ1n) is 7.24. The number of H-pyrrole nitrogens is 1. The number of amides is 2. The molecule has 0 saturated carbocycles. The van der Waals surface area contributed by atoms with E-state index in [2.05, 4.69) is 15.2 Å². The number of carbonyl (C=O) groups excluding carboxylic acids is 1. The fourth-order valence-corrected chi connectivity index (χ4v) is 3.07. The molecule has 0 radical (unpaired) electrons. The van der Waals surface area contributed by atoms with Crippen LogP contribution in [-0.2, 0) is 0 Å². The van der Waals surface area contributed by atoms with Crippen LogP contribution in [-0.4, -0.2) is 57.2 Å². The molecule has 6 heteroatoms. The molecule has 2 fully saturated rings. The molecule has 0 bridgehead atoms. The molecule has 0 unspecified atom stereocenters. The Bertz CT molecular complexity index is 413. The Morgan fingerprint density at radius 2 is 1.95 bits per heavy atom. The number of piperidine rings is 2. The summed E-state index contributed by atoms with van der Waals surface area (Å²) in [5, 5.41) is 6.84. The average Bonchev–Trinajstić information content (AvgIpc) is 3.02. The number of hydrogen-bond donors (Lipinski definition) is 1. The number of aromatic nitrogens is 3. The van der Waals surface area contributed by atoms with Gasteiger partial charge in [-0.3, -0.25) is 5.10 Å². The highest BCUT2D eigenvalue weighted by Crippen LogP contribution is 2.25. The summed E-state index contributed by atoms with van der Waals surface area (Å²) in [6.45, 7) is 3.48. The number of carbonyl (C=O) groups is 1. The van der Waals surface area contributed by atoms with Crippen LogP contribution in [0.1, 0.15) is 43.8 Å². The fraction of sp³-hybridized carbons (Fsp3) is 0.769. The Labute approximate surface area is 113 Å². The molecule has 3 rings (SSSR count). The minimum atomic E-state index is 0.212. The Hall–Kier alpha value is -1.59. The molecule has 3 heterocycles. The second kappa shape index (κ2) is 5.59. The van der Waals surface area contributed by atoms with E-state index in [1.807, 2.05) is 9.80 Å². The zero-order valence-corrected chi connectivity index (χ0v) is 11.2. The summed E-state index contributed by atoms with van der Waals surface area (Å²) in [4.78, 5) is 20.7. The van der Waals surface area contributed by atoms with E-state index in [-0.39, 0.29) is 6.03 Å². The second-order valence-electron chi connectivity index (χ2n) is 5.49. The van der Waals surface area contributed by atoms with Crippen LogP contribution in [0.2, 0.25) is 0 Å². The molecule has 0 aliphatic carbocycles. The molecule has 1 atom stereocenters. The van der Waals surface area contributed by atoms with E-state index in [0.717, 1.165) is 57.7 Å². The molecule has 104 valence electrons. The van der Waals surface area contributed by atoms with Crippen molar-refractivity contribution in [3.63, 3.8) is 0 Å². The summed E-state index contributed by atoms with van der Waals surface area (Å²) in [5.41, 5.74) is 0. The van der Waals surface area contributed by atoms with Gasteiger partial charge in [-0.2, -0.15) is 5.10 Å². The van der Waals surface area contributed by atoms with Crippen LogP contribution in [0, 0.1) is 0 Å². The normalized spacial score (nSPS) is 24.5. The lowest BCUT2D eigenvalue weighted by atomic mass is 9.97. The van der Waals surface area contributed by atoms with Gasteiger partial charge in [-0.1, -0.05) is 0 Å². The highest BCUT2D eigenvalue weighted by atomic mass is 16.2. The number of aromatic amines is 1. The number of nitrogens with zero attached hydrogens (tertiary/aromatic N) is 4. The van der Waals surface area contributed by atoms with Crippen molar-refractivity contribution < 1.29 is 4.79 Å². The van der Waals surface area contributed by atoms with Crippen molar-refractivity contribution in [2.24, 2.45) is 0 Å². The highest BCUT2D eigenvalue weighted by Gasteiger charge is 2.29. The van der Waals surface area contributed by atoms with Crippen LogP contribution in [0.15, 0.2) is 6.33 Å². The molecule has 6 nitrogen and oxygen atoms in total. The van der Waals surface area contributed by atoms with Crippen LogP contribution in [0.25, 0.3) is 0 Å². The Morgan fingerprint density at radius 1 is 1.16 bits per heavy atom. The van der Waals surface area contributed by atoms with Crippen molar-refractivity contribution in [2.45, 2.75) is 38.0 Å². The van der Waals surface area contributed by atoms with Gasteiger partial charge in [-0.25, -0.2) is 9.78 Å². The van der Waals surface area contributed by atoms with Gasteiger partial charge in [0.2, 0.25) is 0 Å². The van der Waals surface area contributed by atoms with Crippen LogP contribution < -0.4 is 0 Å².